The van der Waals surface area contributed by atoms with E-state index >= 15 is 0 Å². The van der Waals surface area contributed by atoms with E-state index in [-0.39, 0.29) is 0 Å². The van der Waals surface area contributed by atoms with E-state index in [1.165, 1.54) is 0 Å². The van der Waals surface area contributed by atoms with Crippen LogP contribution in [-0.4, -0.2) is 10.1 Å². The second-order valence-corrected chi connectivity index (χ2v) is 3.07. The molecule has 0 atom stereocenters. The molecule has 0 aliphatic heterocycles. The van der Waals surface area contributed by atoms with Crippen molar-refractivity contribution in [3.8, 4) is 10.8 Å². The predicted octanol–water partition coefficient (Wildman–Crippen LogP) is 2.11. The van der Waals surface area contributed by atoms with Gasteiger partial charge < -0.3 is 4.52 Å². The summed E-state index contributed by atoms with van der Waals surface area (Å²) in [4.78, 5) is 5.10. The highest BCUT2D eigenvalue weighted by molar-refractivity contribution is 7.13. The number of hydrogen-bond donors (Lipinski definition) is 0. The van der Waals surface area contributed by atoms with Crippen molar-refractivity contribution < 1.29 is 4.52 Å². The van der Waals surface area contributed by atoms with Crippen LogP contribution in [0, 0.1) is 6.92 Å². The van der Waals surface area contributed by atoms with Crippen molar-refractivity contribution in [3.05, 3.63) is 23.3 Å². The molecular weight excluding hydrogens is 160 g/mol. The molecule has 0 aliphatic carbocycles. The molecule has 0 fully saturated rings. The Balaban J connectivity index is 2.45. The quantitative estimate of drug-likeness (QED) is 0.651. The zero-order valence-corrected chi connectivity index (χ0v) is 6.76. The van der Waals surface area contributed by atoms with E-state index in [2.05, 4.69) is 10.1 Å². The Morgan fingerprint density at radius 2 is 2.45 bits per heavy atom. The molecule has 2 aromatic heterocycles. The van der Waals surface area contributed by atoms with Gasteiger partial charge in [-0.3, -0.25) is 0 Å². The number of thiophene rings is 1. The minimum Gasteiger partial charge on any atom is -0.333 e. The number of rotatable bonds is 1. The van der Waals surface area contributed by atoms with Crippen LogP contribution in [0.2, 0.25) is 0 Å². The summed E-state index contributed by atoms with van der Waals surface area (Å²) in [6, 6.07) is 3.91. The summed E-state index contributed by atoms with van der Waals surface area (Å²) in [5.41, 5.74) is 0. The molecule has 2 aromatic rings. The molecule has 3 nitrogen and oxygen atoms in total. The van der Waals surface area contributed by atoms with E-state index in [9.17, 15) is 0 Å². The van der Waals surface area contributed by atoms with Crippen LogP contribution in [0.25, 0.3) is 10.8 Å². The number of hydrogen-bond acceptors (Lipinski definition) is 4. The van der Waals surface area contributed by atoms with E-state index in [0.717, 1.165) is 4.88 Å². The van der Waals surface area contributed by atoms with Crippen molar-refractivity contribution in [3.63, 3.8) is 0 Å². The van der Waals surface area contributed by atoms with Gasteiger partial charge in [-0.15, -0.1) is 11.3 Å². The fourth-order valence-electron chi connectivity index (χ4n) is 0.797. The Kier molecular flexibility index (Phi) is 1.47. The van der Waals surface area contributed by atoms with Gasteiger partial charge in [0, 0.05) is 0 Å². The average molecular weight is 166 g/mol. The van der Waals surface area contributed by atoms with E-state index in [4.69, 9.17) is 4.52 Å². The first-order chi connectivity index (χ1) is 5.36. The first-order valence-corrected chi connectivity index (χ1v) is 4.08. The van der Waals surface area contributed by atoms with Crippen LogP contribution in [0.4, 0.5) is 0 Å². The average Bonchev–Trinajstić information content (AvgIpc) is 2.55. The Hall–Kier alpha value is -1.16. The maximum absolute atomic E-state index is 4.96. The van der Waals surface area contributed by atoms with E-state index in [1.54, 1.807) is 18.3 Å². The lowest BCUT2D eigenvalue weighted by Crippen LogP contribution is -1.71. The van der Waals surface area contributed by atoms with E-state index < -0.39 is 0 Å². The number of nitrogens with zero attached hydrogens (tertiary/aromatic N) is 2. The number of aromatic nitrogens is 2. The van der Waals surface area contributed by atoms with Crippen LogP contribution in [-0.2, 0) is 0 Å². The van der Waals surface area contributed by atoms with Gasteiger partial charge in [0.15, 0.2) is 5.82 Å². The molecule has 0 aromatic carbocycles. The molecule has 0 aliphatic rings. The van der Waals surface area contributed by atoms with E-state index in [0.29, 0.717) is 11.7 Å². The minimum atomic E-state index is 0.609. The fourth-order valence-corrected chi connectivity index (χ4v) is 1.44. The first kappa shape index (κ1) is 6.54. The van der Waals surface area contributed by atoms with Gasteiger partial charge in [-0.2, -0.15) is 4.98 Å². The lowest BCUT2D eigenvalue weighted by atomic mass is 10.5. The molecule has 0 bridgehead atoms. The van der Waals surface area contributed by atoms with Crippen molar-refractivity contribution in [2.75, 3.05) is 0 Å². The van der Waals surface area contributed by atoms with Gasteiger partial charge in [0.05, 0.1) is 4.88 Å². The maximum Gasteiger partial charge on any atom is 0.267 e. The summed E-state index contributed by atoms with van der Waals surface area (Å²) < 4.78 is 4.96. The van der Waals surface area contributed by atoms with Gasteiger partial charge in [0.25, 0.3) is 5.89 Å². The summed E-state index contributed by atoms with van der Waals surface area (Å²) in [6.07, 6.45) is 0. The second-order valence-electron chi connectivity index (χ2n) is 2.12. The SMILES string of the molecule is Cc1noc(-c2cccs2)n1. The molecule has 0 saturated heterocycles. The van der Waals surface area contributed by atoms with Crippen molar-refractivity contribution in [1.29, 1.82) is 0 Å². The molecule has 2 rings (SSSR count). The predicted molar refractivity (Wildman–Crippen MR) is 42.3 cm³/mol. The van der Waals surface area contributed by atoms with Gasteiger partial charge in [0.1, 0.15) is 0 Å². The van der Waals surface area contributed by atoms with Crippen molar-refractivity contribution >= 4 is 11.3 Å². The molecule has 2 heterocycles. The summed E-state index contributed by atoms with van der Waals surface area (Å²) in [5.74, 6) is 1.28. The highest BCUT2D eigenvalue weighted by Gasteiger charge is 2.05. The molecule has 4 heteroatoms. The third-order valence-corrected chi connectivity index (χ3v) is 2.12. The minimum absolute atomic E-state index is 0.609. The summed E-state index contributed by atoms with van der Waals surface area (Å²) in [7, 11) is 0. The molecule has 0 unspecified atom stereocenters. The molecule has 56 valence electrons. The van der Waals surface area contributed by atoms with Crippen LogP contribution in [0.5, 0.6) is 0 Å². The standard InChI is InChI=1S/C7H6N2OS/c1-5-8-7(10-9-5)6-3-2-4-11-6/h2-4H,1H3. The number of aryl methyl sites for hydroxylation is 1. The van der Waals surface area contributed by atoms with Gasteiger partial charge >= 0.3 is 0 Å². The third kappa shape index (κ3) is 1.17. The van der Waals surface area contributed by atoms with Gasteiger partial charge in [0.2, 0.25) is 0 Å². The molecule has 0 radical (unpaired) electrons. The first-order valence-electron chi connectivity index (χ1n) is 3.20. The Labute approximate surface area is 67.7 Å². The van der Waals surface area contributed by atoms with E-state index in [1.807, 2.05) is 17.5 Å². The normalized spacial score (nSPS) is 10.3. The smallest absolute Gasteiger partial charge is 0.267 e. The summed E-state index contributed by atoms with van der Waals surface area (Å²) in [6.45, 7) is 1.81. The fraction of sp³-hybridized carbons (Fsp3) is 0.143. The molecule has 0 spiro atoms. The van der Waals surface area contributed by atoms with Crippen molar-refractivity contribution in [2.45, 2.75) is 6.92 Å². The Morgan fingerprint density at radius 3 is 3.00 bits per heavy atom. The maximum atomic E-state index is 4.96. The molecule has 0 amide bonds. The lowest BCUT2D eigenvalue weighted by molar-refractivity contribution is 0.426. The molecule has 0 saturated carbocycles. The Morgan fingerprint density at radius 1 is 1.55 bits per heavy atom. The lowest BCUT2D eigenvalue weighted by Gasteiger charge is -1.80. The van der Waals surface area contributed by atoms with Crippen molar-refractivity contribution in [2.24, 2.45) is 0 Å². The second kappa shape index (κ2) is 2.47. The largest absolute Gasteiger partial charge is 0.333 e. The highest BCUT2D eigenvalue weighted by atomic mass is 32.1. The summed E-state index contributed by atoms with van der Waals surface area (Å²) in [5, 5.41) is 5.67. The molecule has 11 heavy (non-hydrogen) atoms. The zero-order valence-electron chi connectivity index (χ0n) is 5.94. The monoisotopic (exact) mass is 166 g/mol. The molecular formula is C7H6N2OS. The third-order valence-electron chi connectivity index (χ3n) is 1.26. The molecule has 0 N–H and O–H groups in total. The topological polar surface area (TPSA) is 38.9 Å². The van der Waals surface area contributed by atoms with Crippen LogP contribution < -0.4 is 0 Å². The van der Waals surface area contributed by atoms with Gasteiger partial charge in [-0.1, -0.05) is 11.2 Å². The van der Waals surface area contributed by atoms with Gasteiger partial charge in [-0.25, -0.2) is 0 Å². The van der Waals surface area contributed by atoms with Gasteiger partial charge in [-0.05, 0) is 18.4 Å². The van der Waals surface area contributed by atoms with Crippen LogP contribution in [0.3, 0.4) is 0 Å². The van der Waals surface area contributed by atoms with Crippen molar-refractivity contribution in [1.82, 2.24) is 10.1 Å². The zero-order chi connectivity index (χ0) is 7.68. The Bertz CT molecular complexity index is 339. The van der Waals surface area contributed by atoms with Crippen LogP contribution >= 0.6 is 11.3 Å². The van der Waals surface area contributed by atoms with Crippen LogP contribution in [0.15, 0.2) is 22.0 Å². The summed E-state index contributed by atoms with van der Waals surface area (Å²) >= 11 is 1.59. The van der Waals surface area contributed by atoms with Crippen LogP contribution in [0.1, 0.15) is 5.82 Å². The highest BCUT2D eigenvalue weighted by Crippen LogP contribution is 2.21.